The second-order valence-electron chi connectivity index (χ2n) is 4.65. The third-order valence-electron chi connectivity index (χ3n) is 3.29. The summed E-state index contributed by atoms with van der Waals surface area (Å²) in [6.45, 7) is 1.66. The van der Waals surface area contributed by atoms with E-state index >= 15 is 0 Å². The molecule has 4 heteroatoms. The van der Waals surface area contributed by atoms with Crippen LogP contribution in [0.2, 0.25) is 0 Å². The minimum absolute atomic E-state index is 0.0814. The van der Waals surface area contributed by atoms with Gasteiger partial charge in [0.15, 0.2) is 0 Å². The summed E-state index contributed by atoms with van der Waals surface area (Å²) in [5, 5.41) is 0. The Morgan fingerprint density at radius 2 is 1.94 bits per heavy atom. The van der Waals surface area contributed by atoms with E-state index in [-0.39, 0.29) is 16.6 Å². The van der Waals surface area contributed by atoms with Crippen molar-refractivity contribution in [1.82, 2.24) is 4.90 Å². The first kappa shape index (κ1) is 13.5. The number of likely N-dealkylation sites (tertiary alicyclic amines) is 1. The largest absolute Gasteiger partial charge is 0.342 e. The highest BCUT2D eigenvalue weighted by Crippen LogP contribution is 2.18. The topological polar surface area (TPSA) is 20.3 Å². The van der Waals surface area contributed by atoms with E-state index in [1.54, 1.807) is 18.2 Å². The Bertz CT molecular complexity index is 418. The van der Waals surface area contributed by atoms with Crippen molar-refractivity contribution in [2.45, 2.75) is 30.5 Å². The SMILES string of the molecule is O=C(C(Br)Cc1ccccc1F)N1CCCCC1. The quantitative estimate of drug-likeness (QED) is 0.785. The monoisotopic (exact) mass is 313 g/mol. The van der Waals surface area contributed by atoms with Crippen LogP contribution in [0.25, 0.3) is 0 Å². The standard InChI is InChI=1S/C14H17BrFNO/c15-12(10-11-6-2-3-7-13(11)16)14(18)17-8-4-1-5-9-17/h2-3,6-7,12H,1,4-5,8-10H2. The molecule has 1 amide bonds. The summed E-state index contributed by atoms with van der Waals surface area (Å²) in [5.74, 6) is -0.161. The van der Waals surface area contributed by atoms with E-state index in [2.05, 4.69) is 15.9 Å². The fraction of sp³-hybridized carbons (Fsp3) is 0.500. The lowest BCUT2D eigenvalue weighted by molar-refractivity contribution is -0.131. The molecule has 0 spiro atoms. The molecule has 0 radical (unpaired) electrons. The van der Waals surface area contributed by atoms with Crippen LogP contribution in [0.3, 0.4) is 0 Å². The zero-order valence-electron chi connectivity index (χ0n) is 10.2. The molecule has 2 nitrogen and oxygen atoms in total. The molecule has 18 heavy (non-hydrogen) atoms. The van der Waals surface area contributed by atoms with Gasteiger partial charge in [0.05, 0.1) is 4.83 Å². The zero-order chi connectivity index (χ0) is 13.0. The van der Waals surface area contributed by atoms with Crippen LogP contribution in [-0.4, -0.2) is 28.7 Å². The molecule has 0 N–H and O–H groups in total. The average molecular weight is 314 g/mol. The van der Waals surface area contributed by atoms with Crippen molar-refractivity contribution in [3.05, 3.63) is 35.6 Å². The van der Waals surface area contributed by atoms with Crippen molar-refractivity contribution in [3.8, 4) is 0 Å². The molecule has 1 saturated heterocycles. The summed E-state index contributed by atoms with van der Waals surface area (Å²) >= 11 is 3.39. The Balaban J connectivity index is 1.96. The molecule has 1 aromatic rings. The molecule has 1 aromatic carbocycles. The number of carbonyl (C=O) groups is 1. The predicted octanol–water partition coefficient (Wildman–Crippen LogP) is 3.14. The smallest absolute Gasteiger partial charge is 0.236 e. The molecule has 98 valence electrons. The van der Waals surface area contributed by atoms with Gasteiger partial charge >= 0.3 is 0 Å². The van der Waals surface area contributed by atoms with E-state index in [4.69, 9.17) is 0 Å². The van der Waals surface area contributed by atoms with Gasteiger partial charge in [0.1, 0.15) is 5.82 Å². The predicted molar refractivity (Wildman–Crippen MR) is 73.3 cm³/mol. The fourth-order valence-corrected chi connectivity index (χ4v) is 2.90. The second-order valence-corrected chi connectivity index (χ2v) is 5.75. The third-order valence-corrected chi connectivity index (χ3v) is 4.01. The van der Waals surface area contributed by atoms with Crippen LogP contribution in [0.1, 0.15) is 24.8 Å². The summed E-state index contributed by atoms with van der Waals surface area (Å²) < 4.78 is 13.5. The molecule has 0 bridgehead atoms. The first-order valence-electron chi connectivity index (χ1n) is 6.35. The summed E-state index contributed by atoms with van der Waals surface area (Å²) in [6.07, 6.45) is 3.75. The Hall–Kier alpha value is -0.900. The van der Waals surface area contributed by atoms with E-state index in [9.17, 15) is 9.18 Å². The van der Waals surface area contributed by atoms with Gasteiger partial charge in [-0.25, -0.2) is 4.39 Å². The number of piperidine rings is 1. The molecule has 1 unspecified atom stereocenters. The molecule has 1 aliphatic heterocycles. The van der Waals surface area contributed by atoms with Gasteiger partial charge in [-0.15, -0.1) is 0 Å². The van der Waals surface area contributed by atoms with E-state index in [0.29, 0.717) is 12.0 Å². The molecule has 1 atom stereocenters. The molecule has 1 aliphatic rings. The highest BCUT2D eigenvalue weighted by molar-refractivity contribution is 9.10. The first-order valence-corrected chi connectivity index (χ1v) is 7.26. The van der Waals surface area contributed by atoms with Gasteiger partial charge in [0, 0.05) is 13.1 Å². The number of nitrogens with zero attached hydrogens (tertiary/aromatic N) is 1. The third kappa shape index (κ3) is 3.31. The maximum atomic E-state index is 13.5. The van der Waals surface area contributed by atoms with Gasteiger partial charge in [-0.05, 0) is 37.3 Å². The van der Waals surface area contributed by atoms with E-state index in [0.717, 1.165) is 25.9 Å². The van der Waals surface area contributed by atoms with Crippen LogP contribution in [0.15, 0.2) is 24.3 Å². The molecule has 0 saturated carbocycles. The molecule has 0 aliphatic carbocycles. The molecule has 0 aromatic heterocycles. The van der Waals surface area contributed by atoms with E-state index < -0.39 is 0 Å². The summed E-state index contributed by atoms with van der Waals surface area (Å²) in [7, 11) is 0. The number of hydrogen-bond donors (Lipinski definition) is 0. The van der Waals surface area contributed by atoms with Gasteiger partial charge < -0.3 is 4.90 Å². The normalized spacial score (nSPS) is 17.6. The summed E-state index contributed by atoms with van der Waals surface area (Å²) in [5.41, 5.74) is 0.588. The van der Waals surface area contributed by atoms with Gasteiger partial charge in [-0.1, -0.05) is 34.1 Å². The van der Waals surface area contributed by atoms with Gasteiger partial charge in [0.25, 0.3) is 0 Å². The van der Waals surface area contributed by atoms with Crippen LogP contribution in [-0.2, 0) is 11.2 Å². The lowest BCUT2D eigenvalue weighted by atomic mass is 10.1. The number of amides is 1. The number of carbonyl (C=O) groups excluding carboxylic acids is 1. The Morgan fingerprint density at radius 1 is 1.28 bits per heavy atom. The maximum Gasteiger partial charge on any atom is 0.236 e. The lowest BCUT2D eigenvalue weighted by Crippen LogP contribution is -2.40. The Morgan fingerprint density at radius 3 is 2.61 bits per heavy atom. The summed E-state index contributed by atoms with van der Waals surface area (Å²) in [6, 6.07) is 6.62. The van der Waals surface area contributed by atoms with Crippen LogP contribution in [0.4, 0.5) is 4.39 Å². The first-order chi connectivity index (χ1) is 8.68. The molecule has 1 heterocycles. The van der Waals surface area contributed by atoms with E-state index in [1.807, 2.05) is 4.90 Å². The summed E-state index contributed by atoms with van der Waals surface area (Å²) in [4.78, 5) is 13.7. The number of benzene rings is 1. The lowest BCUT2D eigenvalue weighted by Gasteiger charge is -2.28. The molecule has 1 fully saturated rings. The van der Waals surface area contributed by atoms with Crippen LogP contribution in [0.5, 0.6) is 0 Å². The molecular weight excluding hydrogens is 297 g/mol. The van der Waals surface area contributed by atoms with E-state index in [1.165, 1.54) is 12.5 Å². The zero-order valence-corrected chi connectivity index (χ0v) is 11.8. The molecular formula is C14H17BrFNO. The number of rotatable bonds is 3. The van der Waals surface area contributed by atoms with Crippen molar-refractivity contribution >= 4 is 21.8 Å². The second kappa shape index (κ2) is 6.32. The van der Waals surface area contributed by atoms with Crippen molar-refractivity contribution < 1.29 is 9.18 Å². The number of alkyl halides is 1. The Labute approximate surface area is 115 Å². The number of hydrogen-bond acceptors (Lipinski definition) is 1. The highest BCUT2D eigenvalue weighted by Gasteiger charge is 2.24. The van der Waals surface area contributed by atoms with Crippen molar-refractivity contribution in [2.75, 3.05) is 13.1 Å². The van der Waals surface area contributed by atoms with Gasteiger partial charge in [0.2, 0.25) is 5.91 Å². The van der Waals surface area contributed by atoms with Gasteiger partial charge in [-0.3, -0.25) is 4.79 Å². The van der Waals surface area contributed by atoms with Crippen molar-refractivity contribution in [2.24, 2.45) is 0 Å². The average Bonchev–Trinajstić information content (AvgIpc) is 2.41. The van der Waals surface area contributed by atoms with Crippen molar-refractivity contribution in [3.63, 3.8) is 0 Å². The van der Waals surface area contributed by atoms with Crippen LogP contribution >= 0.6 is 15.9 Å². The van der Waals surface area contributed by atoms with Crippen molar-refractivity contribution in [1.29, 1.82) is 0 Å². The van der Waals surface area contributed by atoms with Crippen LogP contribution in [0, 0.1) is 5.82 Å². The van der Waals surface area contributed by atoms with Crippen LogP contribution < -0.4 is 0 Å². The maximum absolute atomic E-state index is 13.5. The fourth-order valence-electron chi connectivity index (χ4n) is 2.26. The molecule has 2 rings (SSSR count). The Kier molecular flexibility index (Phi) is 4.75. The highest BCUT2D eigenvalue weighted by atomic mass is 79.9. The van der Waals surface area contributed by atoms with Gasteiger partial charge in [-0.2, -0.15) is 0 Å². The number of halogens is 2. The minimum Gasteiger partial charge on any atom is -0.342 e. The minimum atomic E-state index is -0.326.